The van der Waals surface area contributed by atoms with Gasteiger partial charge in [-0.1, -0.05) is 25.5 Å². The highest BCUT2D eigenvalue weighted by molar-refractivity contribution is 5.20. The van der Waals surface area contributed by atoms with Crippen LogP contribution in [0.3, 0.4) is 0 Å². The first-order valence-electron chi connectivity index (χ1n) is 8.36. The topological polar surface area (TPSA) is 26.3 Å². The van der Waals surface area contributed by atoms with E-state index in [0.29, 0.717) is 0 Å². The van der Waals surface area contributed by atoms with Gasteiger partial charge in [0.15, 0.2) is 0 Å². The smallest absolute Gasteiger partial charge is 0.108 e. The summed E-state index contributed by atoms with van der Waals surface area (Å²) in [7, 11) is 0. The van der Waals surface area contributed by atoms with Gasteiger partial charge in [-0.3, -0.25) is 0 Å². The average Bonchev–Trinajstić information content (AvgIpc) is 3.11. The monoisotopic (exact) mass is 300 g/mol. The van der Waals surface area contributed by atoms with Crippen molar-refractivity contribution in [3.05, 3.63) is 59.5 Å². The van der Waals surface area contributed by atoms with Gasteiger partial charge in [0.05, 0.1) is 18.8 Å². The van der Waals surface area contributed by atoms with Crippen LogP contribution in [-0.4, -0.2) is 0 Å². The normalized spacial score (nSPS) is 12.3. The summed E-state index contributed by atoms with van der Waals surface area (Å²) < 4.78 is 10.7. The molecule has 2 rings (SSSR count). The van der Waals surface area contributed by atoms with Crippen molar-refractivity contribution in [3.63, 3.8) is 0 Å². The summed E-state index contributed by atoms with van der Waals surface area (Å²) in [6.45, 7) is 6.81. The third-order valence-corrected chi connectivity index (χ3v) is 3.94. The molecule has 0 bridgehead atoms. The zero-order chi connectivity index (χ0) is 15.8. The van der Waals surface area contributed by atoms with E-state index < -0.39 is 0 Å². The molecule has 0 aliphatic carbocycles. The van der Waals surface area contributed by atoms with E-state index in [1.54, 1.807) is 12.5 Å². The minimum Gasteiger partial charge on any atom is -0.472 e. The molecule has 0 aliphatic heterocycles. The number of furan rings is 2. The predicted molar refractivity (Wildman–Crippen MR) is 91.0 cm³/mol. The van der Waals surface area contributed by atoms with Gasteiger partial charge in [0.2, 0.25) is 0 Å². The molecule has 0 aliphatic rings. The summed E-state index contributed by atoms with van der Waals surface area (Å²) >= 11 is 0. The second-order valence-electron chi connectivity index (χ2n) is 6.60. The molecule has 0 spiro atoms. The fraction of sp³-hybridized carbons (Fsp3) is 0.500. The van der Waals surface area contributed by atoms with Crippen molar-refractivity contribution in [1.29, 1.82) is 0 Å². The highest BCUT2D eigenvalue weighted by Crippen LogP contribution is 2.17. The largest absolute Gasteiger partial charge is 0.472 e. The number of aryl methyl sites for hydroxylation is 1. The summed E-state index contributed by atoms with van der Waals surface area (Å²) in [6, 6.07) is 4.15. The molecule has 0 atom stereocenters. The highest BCUT2D eigenvalue weighted by atomic mass is 16.3. The van der Waals surface area contributed by atoms with Gasteiger partial charge in [-0.25, -0.2) is 0 Å². The van der Waals surface area contributed by atoms with Crippen molar-refractivity contribution in [1.82, 2.24) is 0 Å². The third-order valence-electron chi connectivity index (χ3n) is 3.94. The Hall–Kier alpha value is -1.70. The van der Waals surface area contributed by atoms with Crippen molar-refractivity contribution in [2.75, 3.05) is 0 Å². The van der Waals surface area contributed by atoms with Crippen molar-refractivity contribution in [2.45, 2.75) is 59.3 Å². The standard InChI is InChI=1S/C20H28O2/c1-16(2)6-4-7-17(3)8-5-9-18-12-20(22-15-18)13-19-10-11-21-14-19/h7,10-12,14-16H,4-6,8-9,13H2,1-3H3. The molecule has 0 fully saturated rings. The van der Waals surface area contributed by atoms with E-state index in [9.17, 15) is 0 Å². The zero-order valence-electron chi connectivity index (χ0n) is 14.1. The Morgan fingerprint density at radius 1 is 1.23 bits per heavy atom. The first-order chi connectivity index (χ1) is 10.6. The molecule has 2 nitrogen and oxygen atoms in total. The Kier molecular flexibility index (Phi) is 6.57. The van der Waals surface area contributed by atoms with E-state index in [4.69, 9.17) is 8.83 Å². The Morgan fingerprint density at radius 3 is 2.82 bits per heavy atom. The maximum Gasteiger partial charge on any atom is 0.108 e. The average molecular weight is 300 g/mol. The summed E-state index contributed by atoms with van der Waals surface area (Å²) in [6.07, 6.45) is 14.5. The van der Waals surface area contributed by atoms with Gasteiger partial charge in [0.1, 0.15) is 5.76 Å². The van der Waals surface area contributed by atoms with Gasteiger partial charge in [0, 0.05) is 6.42 Å². The van der Waals surface area contributed by atoms with Gasteiger partial charge in [-0.2, -0.15) is 0 Å². The Balaban J connectivity index is 1.70. The molecule has 2 aromatic rings. The van der Waals surface area contributed by atoms with Gasteiger partial charge < -0.3 is 8.83 Å². The van der Waals surface area contributed by atoms with Crippen LogP contribution in [0.4, 0.5) is 0 Å². The second kappa shape index (κ2) is 8.67. The van der Waals surface area contributed by atoms with Crippen LogP contribution in [0.2, 0.25) is 0 Å². The molecule has 0 unspecified atom stereocenters. The lowest BCUT2D eigenvalue weighted by molar-refractivity contribution is 0.515. The Bertz CT molecular complexity index is 558. The maximum atomic E-state index is 5.63. The van der Waals surface area contributed by atoms with Gasteiger partial charge in [-0.15, -0.1) is 0 Å². The van der Waals surface area contributed by atoms with Gasteiger partial charge in [0.25, 0.3) is 0 Å². The summed E-state index contributed by atoms with van der Waals surface area (Å²) in [5.74, 6) is 1.81. The SMILES string of the molecule is CC(=CCCC(C)C)CCCc1coc(Cc2ccoc2)c1. The molecule has 0 amide bonds. The molecule has 22 heavy (non-hydrogen) atoms. The third kappa shape index (κ3) is 5.97. The predicted octanol–water partition coefficient (Wildman–Crippen LogP) is 6.17. The quantitative estimate of drug-likeness (QED) is 0.518. The summed E-state index contributed by atoms with van der Waals surface area (Å²) in [5.41, 5.74) is 3.97. The van der Waals surface area contributed by atoms with E-state index in [-0.39, 0.29) is 0 Å². The van der Waals surface area contributed by atoms with Crippen LogP contribution in [0.1, 0.15) is 63.3 Å². The molecular weight excluding hydrogens is 272 g/mol. The number of rotatable bonds is 9. The lowest BCUT2D eigenvalue weighted by atomic mass is 10.0. The van der Waals surface area contributed by atoms with Crippen molar-refractivity contribution >= 4 is 0 Å². The molecule has 0 N–H and O–H groups in total. The zero-order valence-corrected chi connectivity index (χ0v) is 14.1. The first-order valence-corrected chi connectivity index (χ1v) is 8.36. The summed E-state index contributed by atoms with van der Waals surface area (Å²) in [5, 5.41) is 0. The fourth-order valence-corrected chi connectivity index (χ4v) is 2.58. The lowest BCUT2D eigenvalue weighted by Gasteiger charge is -2.03. The minimum atomic E-state index is 0.795. The molecule has 120 valence electrons. The van der Waals surface area contributed by atoms with Crippen LogP contribution in [0.25, 0.3) is 0 Å². The highest BCUT2D eigenvalue weighted by Gasteiger charge is 2.04. The second-order valence-corrected chi connectivity index (χ2v) is 6.60. The van der Waals surface area contributed by atoms with Crippen LogP contribution in [-0.2, 0) is 12.8 Å². The van der Waals surface area contributed by atoms with Gasteiger partial charge >= 0.3 is 0 Å². The van der Waals surface area contributed by atoms with Crippen LogP contribution in [0.5, 0.6) is 0 Å². The van der Waals surface area contributed by atoms with Crippen molar-refractivity contribution in [2.24, 2.45) is 5.92 Å². The van der Waals surface area contributed by atoms with Crippen molar-refractivity contribution < 1.29 is 8.83 Å². The lowest BCUT2D eigenvalue weighted by Crippen LogP contribution is -1.87. The molecule has 0 radical (unpaired) electrons. The Labute approximate surface area is 134 Å². The van der Waals surface area contributed by atoms with Crippen LogP contribution in [0, 0.1) is 5.92 Å². The van der Waals surface area contributed by atoms with E-state index in [2.05, 4.69) is 32.9 Å². The molecule has 0 saturated heterocycles. The van der Waals surface area contributed by atoms with Gasteiger partial charge in [-0.05, 0) is 68.2 Å². The van der Waals surface area contributed by atoms with Crippen molar-refractivity contribution in [3.8, 4) is 0 Å². The molecule has 0 saturated carbocycles. The Morgan fingerprint density at radius 2 is 2.09 bits per heavy atom. The first kappa shape index (κ1) is 16.7. The summed E-state index contributed by atoms with van der Waals surface area (Å²) in [4.78, 5) is 0. The molecule has 2 heterocycles. The molecular formula is C20H28O2. The van der Waals surface area contributed by atoms with E-state index in [0.717, 1.165) is 30.1 Å². The number of hydrogen-bond acceptors (Lipinski definition) is 2. The molecule has 2 heteroatoms. The number of hydrogen-bond donors (Lipinski definition) is 0. The fourth-order valence-electron chi connectivity index (χ4n) is 2.58. The van der Waals surface area contributed by atoms with Crippen LogP contribution >= 0.6 is 0 Å². The maximum absolute atomic E-state index is 5.63. The number of allylic oxidation sites excluding steroid dienone is 2. The van der Waals surface area contributed by atoms with E-state index in [1.807, 2.05) is 12.3 Å². The van der Waals surface area contributed by atoms with E-state index >= 15 is 0 Å². The van der Waals surface area contributed by atoms with Crippen LogP contribution < -0.4 is 0 Å². The van der Waals surface area contributed by atoms with Crippen LogP contribution in [0.15, 0.2) is 51.4 Å². The minimum absolute atomic E-state index is 0.795. The molecule has 0 aromatic carbocycles. The molecule has 2 aromatic heterocycles. The van der Waals surface area contributed by atoms with E-state index in [1.165, 1.54) is 36.8 Å².